The molecule has 1 amide bonds. The average molecular weight is 318 g/mol. The van der Waals surface area contributed by atoms with Crippen LogP contribution < -0.4 is 10.2 Å². The minimum atomic E-state index is 0.0250. The van der Waals surface area contributed by atoms with E-state index >= 15 is 0 Å². The molecule has 4 heteroatoms. The van der Waals surface area contributed by atoms with Gasteiger partial charge in [-0.3, -0.25) is 4.79 Å². The predicted molar refractivity (Wildman–Crippen MR) is 89.9 cm³/mol. The summed E-state index contributed by atoms with van der Waals surface area (Å²) in [6.45, 7) is 3.24. The Morgan fingerprint density at radius 2 is 1.77 bits per heavy atom. The molecular formula is C18H22ClN2O+. The molecule has 0 radical (unpaired) electrons. The van der Waals surface area contributed by atoms with Crippen LogP contribution >= 0.6 is 11.6 Å². The molecule has 1 unspecified atom stereocenters. The Kier molecular flexibility index (Phi) is 5.99. The summed E-state index contributed by atoms with van der Waals surface area (Å²) in [5, 5.41) is 3.77. The van der Waals surface area contributed by atoms with E-state index in [1.807, 2.05) is 68.6 Å². The van der Waals surface area contributed by atoms with Gasteiger partial charge in [-0.05, 0) is 24.6 Å². The lowest BCUT2D eigenvalue weighted by molar-refractivity contribution is -0.885. The Bertz CT molecular complexity index is 598. The number of benzene rings is 2. The van der Waals surface area contributed by atoms with Gasteiger partial charge in [0.2, 0.25) is 0 Å². The molecule has 0 aliphatic heterocycles. The van der Waals surface area contributed by atoms with Crippen LogP contribution in [0.1, 0.15) is 24.1 Å². The molecule has 0 aromatic heterocycles. The highest BCUT2D eigenvalue weighted by Gasteiger charge is 2.14. The zero-order valence-electron chi connectivity index (χ0n) is 13.0. The van der Waals surface area contributed by atoms with Gasteiger partial charge in [0, 0.05) is 10.6 Å². The van der Waals surface area contributed by atoms with Gasteiger partial charge in [0.1, 0.15) is 6.54 Å². The normalized spacial score (nSPS) is 13.4. The number of likely N-dealkylation sites (N-methyl/N-ethyl adjacent to an activating group) is 1. The lowest BCUT2D eigenvalue weighted by atomic mass is 10.1. The highest BCUT2D eigenvalue weighted by atomic mass is 35.5. The van der Waals surface area contributed by atoms with Crippen molar-refractivity contribution in [2.45, 2.75) is 19.5 Å². The van der Waals surface area contributed by atoms with Crippen molar-refractivity contribution in [1.29, 1.82) is 0 Å². The Balaban J connectivity index is 1.82. The van der Waals surface area contributed by atoms with Gasteiger partial charge in [0.25, 0.3) is 5.91 Å². The third-order valence-electron chi connectivity index (χ3n) is 3.56. The monoisotopic (exact) mass is 317 g/mol. The fourth-order valence-electron chi connectivity index (χ4n) is 2.40. The molecule has 3 nitrogen and oxygen atoms in total. The summed E-state index contributed by atoms with van der Waals surface area (Å²) in [4.78, 5) is 13.3. The maximum Gasteiger partial charge on any atom is 0.275 e. The van der Waals surface area contributed by atoms with Gasteiger partial charge in [0.05, 0.1) is 13.1 Å². The molecule has 0 spiro atoms. The van der Waals surface area contributed by atoms with E-state index in [1.165, 1.54) is 5.56 Å². The van der Waals surface area contributed by atoms with E-state index in [2.05, 4.69) is 5.32 Å². The minimum absolute atomic E-state index is 0.0250. The van der Waals surface area contributed by atoms with Crippen molar-refractivity contribution < 1.29 is 9.69 Å². The Hall–Kier alpha value is -1.84. The van der Waals surface area contributed by atoms with Gasteiger partial charge in [-0.25, -0.2) is 0 Å². The summed E-state index contributed by atoms with van der Waals surface area (Å²) in [5.41, 5.74) is 2.29. The van der Waals surface area contributed by atoms with E-state index in [0.717, 1.165) is 22.0 Å². The van der Waals surface area contributed by atoms with Crippen LogP contribution in [0.4, 0.5) is 0 Å². The van der Waals surface area contributed by atoms with Crippen LogP contribution in [0.25, 0.3) is 0 Å². The second kappa shape index (κ2) is 7.97. The summed E-state index contributed by atoms with van der Waals surface area (Å²) in [5.74, 6) is 0.0582. The van der Waals surface area contributed by atoms with Crippen LogP contribution in [0.2, 0.25) is 5.02 Å². The summed E-state index contributed by atoms with van der Waals surface area (Å²) in [6.07, 6.45) is 0. The molecule has 0 saturated heterocycles. The van der Waals surface area contributed by atoms with Gasteiger partial charge >= 0.3 is 0 Å². The van der Waals surface area contributed by atoms with Crippen molar-refractivity contribution in [3.63, 3.8) is 0 Å². The molecule has 0 fully saturated rings. The summed E-state index contributed by atoms with van der Waals surface area (Å²) >= 11 is 5.88. The molecule has 0 bridgehead atoms. The molecule has 0 aliphatic carbocycles. The summed E-state index contributed by atoms with van der Waals surface area (Å²) in [6, 6.07) is 17.8. The van der Waals surface area contributed by atoms with Gasteiger partial charge in [-0.2, -0.15) is 0 Å². The minimum Gasteiger partial charge on any atom is -0.345 e. The summed E-state index contributed by atoms with van der Waals surface area (Å²) in [7, 11) is 2.02. The maximum atomic E-state index is 12.1. The number of nitrogens with one attached hydrogen (secondary N) is 2. The molecule has 2 aromatic carbocycles. The fourth-order valence-corrected chi connectivity index (χ4v) is 2.53. The third kappa shape index (κ3) is 5.17. The molecule has 2 N–H and O–H groups in total. The van der Waals surface area contributed by atoms with Crippen LogP contribution in [-0.4, -0.2) is 19.5 Å². The zero-order chi connectivity index (χ0) is 15.9. The van der Waals surface area contributed by atoms with E-state index in [-0.39, 0.29) is 11.9 Å². The first kappa shape index (κ1) is 16.5. The Morgan fingerprint density at radius 3 is 2.41 bits per heavy atom. The second-order valence-corrected chi connectivity index (χ2v) is 6.07. The molecule has 0 aliphatic rings. The van der Waals surface area contributed by atoms with E-state index in [4.69, 9.17) is 11.6 Å². The number of carbonyl (C=O) groups excluding carboxylic acids is 1. The quantitative estimate of drug-likeness (QED) is 0.841. The SMILES string of the molecule is C[C@@H](NC(=O)C[NH+](C)Cc1ccc(Cl)cc1)c1ccccc1. The molecule has 2 atom stereocenters. The average Bonchev–Trinajstić information content (AvgIpc) is 2.50. The van der Waals surface area contributed by atoms with Crippen molar-refractivity contribution >= 4 is 17.5 Å². The van der Waals surface area contributed by atoms with Crippen LogP contribution in [0.3, 0.4) is 0 Å². The van der Waals surface area contributed by atoms with Crippen molar-refractivity contribution in [1.82, 2.24) is 5.32 Å². The number of carbonyl (C=O) groups is 1. The van der Waals surface area contributed by atoms with Crippen molar-refractivity contribution in [3.05, 3.63) is 70.7 Å². The van der Waals surface area contributed by atoms with Gasteiger partial charge in [0.15, 0.2) is 6.54 Å². The Labute approximate surface area is 136 Å². The number of hydrogen-bond donors (Lipinski definition) is 2. The van der Waals surface area contributed by atoms with E-state index in [0.29, 0.717) is 6.54 Å². The second-order valence-electron chi connectivity index (χ2n) is 5.64. The molecule has 2 rings (SSSR count). The van der Waals surface area contributed by atoms with Crippen molar-refractivity contribution in [2.75, 3.05) is 13.6 Å². The van der Waals surface area contributed by atoms with E-state index in [1.54, 1.807) is 0 Å². The number of quaternary nitrogens is 1. The summed E-state index contributed by atoms with van der Waals surface area (Å²) < 4.78 is 0. The largest absolute Gasteiger partial charge is 0.345 e. The van der Waals surface area contributed by atoms with Crippen molar-refractivity contribution in [3.8, 4) is 0 Å². The fraction of sp³-hybridized carbons (Fsp3) is 0.278. The third-order valence-corrected chi connectivity index (χ3v) is 3.81. The van der Waals surface area contributed by atoms with Gasteiger partial charge in [-0.15, -0.1) is 0 Å². The highest BCUT2D eigenvalue weighted by molar-refractivity contribution is 6.30. The lowest BCUT2D eigenvalue weighted by Crippen LogP contribution is -3.08. The smallest absolute Gasteiger partial charge is 0.275 e. The predicted octanol–water partition coefficient (Wildman–Crippen LogP) is 2.23. The molecule has 2 aromatic rings. The van der Waals surface area contributed by atoms with Gasteiger partial charge in [-0.1, -0.05) is 54.1 Å². The topological polar surface area (TPSA) is 33.5 Å². The molecule has 0 saturated carbocycles. The van der Waals surface area contributed by atoms with Gasteiger partial charge < -0.3 is 10.2 Å². The van der Waals surface area contributed by atoms with Crippen molar-refractivity contribution in [2.24, 2.45) is 0 Å². The number of halogens is 1. The first-order valence-electron chi connectivity index (χ1n) is 7.44. The highest BCUT2D eigenvalue weighted by Crippen LogP contribution is 2.10. The molecule has 22 heavy (non-hydrogen) atoms. The molecule has 0 heterocycles. The van der Waals surface area contributed by atoms with Crippen LogP contribution in [0.15, 0.2) is 54.6 Å². The first-order chi connectivity index (χ1) is 10.5. The Morgan fingerprint density at radius 1 is 1.14 bits per heavy atom. The van der Waals surface area contributed by atoms with Crippen LogP contribution in [0.5, 0.6) is 0 Å². The zero-order valence-corrected chi connectivity index (χ0v) is 13.7. The lowest BCUT2D eigenvalue weighted by Gasteiger charge is -2.17. The number of hydrogen-bond acceptors (Lipinski definition) is 1. The number of rotatable bonds is 6. The molecular weight excluding hydrogens is 296 g/mol. The maximum absolute atomic E-state index is 12.1. The number of amides is 1. The van der Waals surface area contributed by atoms with Crippen LogP contribution in [-0.2, 0) is 11.3 Å². The standard InChI is InChI=1S/C18H21ClN2O/c1-14(16-6-4-3-5-7-16)20-18(22)13-21(2)12-15-8-10-17(19)11-9-15/h3-11,14H,12-13H2,1-2H3,(H,20,22)/p+1/t14-/m1/s1. The van der Waals surface area contributed by atoms with E-state index < -0.39 is 0 Å². The van der Waals surface area contributed by atoms with Crippen LogP contribution in [0, 0.1) is 0 Å². The first-order valence-corrected chi connectivity index (χ1v) is 7.82. The van der Waals surface area contributed by atoms with E-state index in [9.17, 15) is 4.79 Å². The molecule has 116 valence electrons.